The Morgan fingerprint density at radius 2 is 2.25 bits per heavy atom. The minimum absolute atomic E-state index is 0.208. The number of aryl methyl sites for hydroxylation is 1. The smallest absolute Gasteiger partial charge is 0.223 e. The molecule has 0 saturated carbocycles. The second-order valence-corrected chi connectivity index (χ2v) is 4.75. The lowest BCUT2D eigenvalue weighted by molar-refractivity contribution is -0.132. The molecule has 0 spiro atoms. The Morgan fingerprint density at radius 1 is 1.50 bits per heavy atom. The van der Waals surface area contributed by atoms with Crippen LogP contribution in [0.5, 0.6) is 0 Å². The van der Waals surface area contributed by atoms with Gasteiger partial charge in [0.15, 0.2) is 0 Å². The molecular weight excluding hydrogens is 226 g/mol. The maximum absolute atomic E-state index is 11.8. The van der Waals surface area contributed by atoms with Crippen LogP contribution in [0.4, 0.5) is 0 Å². The minimum Gasteiger partial charge on any atom is -0.469 e. The van der Waals surface area contributed by atoms with Gasteiger partial charge in [0.2, 0.25) is 5.91 Å². The third-order valence-electron chi connectivity index (χ3n) is 2.94. The van der Waals surface area contributed by atoms with E-state index in [1.54, 1.807) is 6.26 Å². The summed E-state index contributed by atoms with van der Waals surface area (Å²) in [5.74, 6) is 1.08. The number of carbonyl (C=O) groups is 1. The van der Waals surface area contributed by atoms with Crippen molar-refractivity contribution in [3.63, 3.8) is 0 Å². The van der Waals surface area contributed by atoms with Gasteiger partial charge in [-0.3, -0.25) is 4.79 Å². The van der Waals surface area contributed by atoms with Gasteiger partial charge in [-0.2, -0.15) is 0 Å². The van der Waals surface area contributed by atoms with E-state index in [0.717, 1.165) is 31.7 Å². The van der Waals surface area contributed by atoms with E-state index in [2.05, 4.69) is 0 Å². The Kier molecular flexibility index (Phi) is 3.88. The highest BCUT2D eigenvalue weighted by Gasteiger charge is 2.20. The number of nitrogens with zero attached hydrogens (tertiary/aromatic N) is 1. The van der Waals surface area contributed by atoms with E-state index in [1.165, 1.54) is 0 Å². The molecule has 1 saturated heterocycles. The Balaban J connectivity index is 1.75. The molecule has 1 aromatic heterocycles. The van der Waals surface area contributed by atoms with Gasteiger partial charge >= 0.3 is 0 Å². The van der Waals surface area contributed by atoms with Gasteiger partial charge in [0.05, 0.1) is 6.26 Å². The van der Waals surface area contributed by atoms with Gasteiger partial charge < -0.3 is 9.32 Å². The first-order valence-corrected chi connectivity index (χ1v) is 6.13. The van der Waals surface area contributed by atoms with Gasteiger partial charge in [-0.1, -0.05) is 0 Å². The number of piperidine rings is 1. The Morgan fingerprint density at radius 3 is 2.88 bits per heavy atom. The van der Waals surface area contributed by atoms with E-state index >= 15 is 0 Å². The van der Waals surface area contributed by atoms with Crippen molar-refractivity contribution in [3.8, 4) is 0 Å². The molecule has 3 nitrogen and oxygen atoms in total. The van der Waals surface area contributed by atoms with Crippen LogP contribution < -0.4 is 0 Å². The van der Waals surface area contributed by atoms with Crippen molar-refractivity contribution in [3.05, 3.63) is 24.2 Å². The van der Waals surface area contributed by atoms with Crippen molar-refractivity contribution in [2.24, 2.45) is 0 Å². The number of hydrogen-bond acceptors (Lipinski definition) is 2. The minimum atomic E-state index is 0.208. The molecule has 2 rings (SSSR count). The van der Waals surface area contributed by atoms with Crippen molar-refractivity contribution in [2.75, 3.05) is 13.1 Å². The predicted octanol–water partition coefficient (Wildman–Crippen LogP) is 2.44. The van der Waals surface area contributed by atoms with E-state index in [9.17, 15) is 4.79 Å². The number of alkyl halides is 1. The predicted molar refractivity (Wildman–Crippen MR) is 62.5 cm³/mol. The fourth-order valence-corrected chi connectivity index (χ4v) is 2.14. The average Bonchev–Trinajstić information content (AvgIpc) is 2.80. The van der Waals surface area contributed by atoms with Crippen molar-refractivity contribution >= 4 is 17.5 Å². The van der Waals surface area contributed by atoms with E-state index in [0.29, 0.717) is 12.8 Å². The SMILES string of the molecule is O=C(CCc1ccco1)N1CCC(Cl)CC1. The van der Waals surface area contributed by atoms with E-state index in [1.807, 2.05) is 17.0 Å². The van der Waals surface area contributed by atoms with Gasteiger partial charge in [-0.25, -0.2) is 0 Å². The molecule has 1 amide bonds. The third kappa shape index (κ3) is 3.01. The first-order chi connectivity index (χ1) is 7.75. The number of halogens is 1. The molecule has 0 N–H and O–H groups in total. The van der Waals surface area contributed by atoms with Crippen LogP contribution in [0, 0.1) is 0 Å². The normalized spacial score (nSPS) is 17.7. The maximum atomic E-state index is 11.8. The summed E-state index contributed by atoms with van der Waals surface area (Å²) < 4.78 is 5.20. The number of carbonyl (C=O) groups excluding carboxylic acids is 1. The summed E-state index contributed by atoms with van der Waals surface area (Å²) in [7, 11) is 0. The van der Waals surface area contributed by atoms with Crippen molar-refractivity contribution in [1.82, 2.24) is 4.90 Å². The third-order valence-corrected chi connectivity index (χ3v) is 3.38. The fraction of sp³-hybridized carbons (Fsp3) is 0.583. The highest BCUT2D eigenvalue weighted by molar-refractivity contribution is 6.20. The van der Waals surface area contributed by atoms with Crippen LogP contribution in [-0.4, -0.2) is 29.3 Å². The van der Waals surface area contributed by atoms with Crippen LogP contribution in [0.25, 0.3) is 0 Å². The van der Waals surface area contributed by atoms with E-state index in [4.69, 9.17) is 16.0 Å². The summed E-state index contributed by atoms with van der Waals surface area (Å²) in [5.41, 5.74) is 0. The molecule has 1 fully saturated rings. The second-order valence-electron chi connectivity index (χ2n) is 4.13. The molecule has 1 aromatic rings. The molecule has 0 radical (unpaired) electrons. The topological polar surface area (TPSA) is 33.5 Å². The van der Waals surface area contributed by atoms with Crippen molar-refractivity contribution in [2.45, 2.75) is 31.1 Å². The van der Waals surface area contributed by atoms with Crippen molar-refractivity contribution in [1.29, 1.82) is 0 Å². The van der Waals surface area contributed by atoms with Crippen LogP contribution in [0.2, 0.25) is 0 Å². The zero-order valence-corrected chi connectivity index (χ0v) is 9.95. The van der Waals surface area contributed by atoms with Gasteiger partial charge in [-0.05, 0) is 25.0 Å². The lowest BCUT2D eigenvalue weighted by Crippen LogP contribution is -2.38. The van der Waals surface area contributed by atoms with Crippen LogP contribution in [-0.2, 0) is 11.2 Å². The largest absolute Gasteiger partial charge is 0.469 e. The van der Waals surface area contributed by atoms with E-state index < -0.39 is 0 Å². The second kappa shape index (κ2) is 5.39. The monoisotopic (exact) mass is 241 g/mol. The van der Waals surface area contributed by atoms with Gasteiger partial charge in [0.25, 0.3) is 0 Å². The average molecular weight is 242 g/mol. The lowest BCUT2D eigenvalue weighted by Gasteiger charge is -2.29. The lowest BCUT2D eigenvalue weighted by atomic mass is 10.1. The quantitative estimate of drug-likeness (QED) is 0.762. The summed E-state index contributed by atoms with van der Waals surface area (Å²) in [6, 6.07) is 3.75. The Labute approximate surface area is 100 Å². The van der Waals surface area contributed by atoms with Crippen LogP contribution in [0.3, 0.4) is 0 Å². The zero-order valence-electron chi connectivity index (χ0n) is 9.19. The van der Waals surface area contributed by atoms with Gasteiger partial charge in [0, 0.05) is 31.3 Å². The molecule has 0 bridgehead atoms. The summed E-state index contributed by atoms with van der Waals surface area (Å²) in [4.78, 5) is 13.7. The molecule has 88 valence electrons. The molecule has 16 heavy (non-hydrogen) atoms. The summed E-state index contributed by atoms with van der Waals surface area (Å²) >= 11 is 5.99. The molecule has 1 aliphatic heterocycles. The summed E-state index contributed by atoms with van der Waals surface area (Å²) in [6.07, 6.45) is 4.67. The van der Waals surface area contributed by atoms with E-state index in [-0.39, 0.29) is 11.3 Å². The molecule has 0 aliphatic carbocycles. The summed E-state index contributed by atoms with van der Waals surface area (Å²) in [5, 5.41) is 0.245. The molecule has 0 atom stereocenters. The molecule has 1 aliphatic rings. The van der Waals surface area contributed by atoms with Crippen LogP contribution >= 0.6 is 11.6 Å². The maximum Gasteiger partial charge on any atom is 0.223 e. The summed E-state index contributed by atoms with van der Waals surface area (Å²) in [6.45, 7) is 1.59. The highest BCUT2D eigenvalue weighted by atomic mass is 35.5. The molecule has 2 heterocycles. The Bertz CT molecular complexity index is 329. The molecule has 0 aromatic carbocycles. The van der Waals surface area contributed by atoms with Gasteiger partial charge in [0.1, 0.15) is 5.76 Å². The number of amides is 1. The molecule has 0 unspecified atom stereocenters. The first-order valence-electron chi connectivity index (χ1n) is 5.70. The number of likely N-dealkylation sites (tertiary alicyclic amines) is 1. The number of hydrogen-bond donors (Lipinski definition) is 0. The number of furan rings is 1. The molecular formula is C12H16ClNO2. The number of rotatable bonds is 3. The van der Waals surface area contributed by atoms with Crippen LogP contribution in [0.15, 0.2) is 22.8 Å². The fourth-order valence-electron chi connectivity index (χ4n) is 1.94. The standard InChI is InChI=1S/C12H16ClNO2/c13-10-5-7-14(8-6-10)12(15)4-3-11-2-1-9-16-11/h1-2,9-10H,3-8H2. The molecule has 4 heteroatoms. The first kappa shape index (κ1) is 11.5. The zero-order chi connectivity index (χ0) is 11.4. The highest BCUT2D eigenvalue weighted by Crippen LogP contribution is 2.16. The van der Waals surface area contributed by atoms with Crippen molar-refractivity contribution < 1.29 is 9.21 Å². The van der Waals surface area contributed by atoms with Gasteiger partial charge in [-0.15, -0.1) is 11.6 Å². The van der Waals surface area contributed by atoms with Crippen LogP contribution in [0.1, 0.15) is 25.0 Å². The Hall–Kier alpha value is -0.960.